The number of para-hydroxylation sites is 1. The lowest BCUT2D eigenvalue weighted by molar-refractivity contribution is 0.628. The van der Waals surface area contributed by atoms with E-state index in [9.17, 15) is 4.39 Å². The average Bonchev–Trinajstić information content (AvgIpc) is 3.00. The first-order chi connectivity index (χ1) is 12.7. The summed E-state index contributed by atoms with van der Waals surface area (Å²) in [4.78, 5) is 0. The average molecular weight is 365 g/mol. The molecule has 3 aromatic rings. The summed E-state index contributed by atoms with van der Waals surface area (Å²) in [5.74, 6) is -0.305. The van der Waals surface area contributed by atoms with E-state index in [1.165, 1.54) is 12.1 Å². The van der Waals surface area contributed by atoms with Crippen molar-refractivity contribution in [2.45, 2.75) is 13.0 Å². The summed E-state index contributed by atoms with van der Waals surface area (Å²) >= 11 is 5.17. The van der Waals surface area contributed by atoms with Crippen LogP contribution in [-0.4, -0.2) is 15.9 Å². The molecule has 0 aliphatic carbocycles. The zero-order chi connectivity index (χ0) is 18.4. The van der Waals surface area contributed by atoms with Gasteiger partial charge in [-0.3, -0.25) is 5.43 Å². The number of nitrogens with zero attached hydrogens (tertiary/aromatic N) is 3. The van der Waals surface area contributed by atoms with Crippen LogP contribution in [0.4, 0.5) is 10.1 Å². The Labute approximate surface area is 155 Å². The summed E-state index contributed by atoms with van der Waals surface area (Å²) in [6.45, 7) is 0.628. The SMILES string of the molecule is N#CCCn1cc(/C=N\NC(=S)Nc2ccc(F)cc2)c2ccccc21. The monoisotopic (exact) mass is 365 g/mol. The largest absolute Gasteiger partial charge is 0.346 e. The number of nitrogens with one attached hydrogen (secondary N) is 2. The third-order valence-corrected chi connectivity index (χ3v) is 3.95. The molecule has 0 amide bonds. The lowest BCUT2D eigenvalue weighted by Gasteiger charge is -2.06. The van der Waals surface area contributed by atoms with Gasteiger partial charge in [-0.15, -0.1) is 0 Å². The molecule has 2 aromatic carbocycles. The molecule has 0 fully saturated rings. The minimum Gasteiger partial charge on any atom is -0.346 e. The van der Waals surface area contributed by atoms with Crippen LogP contribution in [-0.2, 0) is 6.54 Å². The number of thiocarbonyl (C=S) groups is 1. The van der Waals surface area contributed by atoms with E-state index in [1.807, 2.05) is 35.0 Å². The van der Waals surface area contributed by atoms with E-state index in [0.29, 0.717) is 23.8 Å². The number of halogens is 1. The van der Waals surface area contributed by atoms with Crippen LogP contribution in [0, 0.1) is 17.1 Å². The second-order valence-corrected chi connectivity index (χ2v) is 5.94. The maximum Gasteiger partial charge on any atom is 0.191 e. The van der Waals surface area contributed by atoms with Crippen molar-refractivity contribution < 1.29 is 4.39 Å². The third-order valence-electron chi connectivity index (χ3n) is 3.76. The van der Waals surface area contributed by atoms with Gasteiger partial charge in [0.1, 0.15) is 5.82 Å². The molecule has 0 saturated heterocycles. The van der Waals surface area contributed by atoms with Gasteiger partial charge in [-0.25, -0.2) is 4.39 Å². The van der Waals surface area contributed by atoms with Crippen molar-refractivity contribution in [3.05, 3.63) is 66.1 Å². The van der Waals surface area contributed by atoms with E-state index in [2.05, 4.69) is 21.9 Å². The van der Waals surface area contributed by atoms with Gasteiger partial charge in [0.25, 0.3) is 0 Å². The fourth-order valence-corrected chi connectivity index (χ4v) is 2.76. The zero-order valence-corrected chi connectivity index (χ0v) is 14.6. The van der Waals surface area contributed by atoms with Crippen LogP contribution in [0.1, 0.15) is 12.0 Å². The summed E-state index contributed by atoms with van der Waals surface area (Å²) in [6.07, 6.45) is 4.09. The van der Waals surface area contributed by atoms with Crippen LogP contribution in [0.15, 0.2) is 59.8 Å². The normalized spacial score (nSPS) is 10.8. The van der Waals surface area contributed by atoms with Crippen molar-refractivity contribution >= 4 is 40.1 Å². The highest BCUT2D eigenvalue weighted by atomic mass is 32.1. The Kier molecular flexibility index (Phi) is 5.56. The molecule has 2 N–H and O–H groups in total. The molecule has 7 heteroatoms. The molecule has 3 rings (SSSR count). The van der Waals surface area contributed by atoms with Crippen molar-refractivity contribution in [1.82, 2.24) is 9.99 Å². The Morgan fingerprint density at radius 1 is 1.23 bits per heavy atom. The molecule has 0 radical (unpaired) electrons. The fourth-order valence-electron chi connectivity index (χ4n) is 2.59. The Balaban J connectivity index is 1.69. The van der Waals surface area contributed by atoms with E-state index < -0.39 is 0 Å². The molecule has 26 heavy (non-hydrogen) atoms. The fraction of sp³-hybridized carbons (Fsp3) is 0.105. The molecule has 0 unspecified atom stereocenters. The van der Waals surface area contributed by atoms with Crippen molar-refractivity contribution in [3.63, 3.8) is 0 Å². The number of nitriles is 1. The summed E-state index contributed by atoms with van der Waals surface area (Å²) < 4.78 is 14.9. The Morgan fingerprint density at radius 3 is 2.77 bits per heavy atom. The molecule has 0 aliphatic rings. The molecule has 0 aliphatic heterocycles. The van der Waals surface area contributed by atoms with Crippen molar-refractivity contribution in [2.75, 3.05) is 5.32 Å². The first kappa shape index (κ1) is 17.6. The number of benzene rings is 2. The summed E-state index contributed by atoms with van der Waals surface area (Å²) in [7, 11) is 0. The highest BCUT2D eigenvalue weighted by Gasteiger charge is 2.06. The number of fused-ring (bicyclic) bond motifs is 1. The van der Waals surface area contributed by atoms with Crippen LogP contribution >= 0.6 is 12.2 Å². The van der Waals surface area contributed by atoms with Crippen LogP contribution in [0.5, 0.6) is 0 Å². The third kappa shape index (κ3) is 4.23. The first-order valence-electron chi connectivity index (χ1n) is 7.98. The van der Waals surface area contributed by atoms with Gasteiger partial charge in [0.15, 0.2) is 5.11 Å². The van der Waals surface area contributed by atoms with Crippen molar-refractivity contribution in [1.29, 1.82) is 5.26 Å². The number of hydrogen-bond acceptors (Lipinski definition) is 3. The number of anilines is 1. The van der Waals surface area contributed by atoms with E-state index in [-0.39, 0.29) is 5.82 Å². The van der Waals surface area contributed by atoms with Gasteiger partial charge < -0.3 is 9.88 Å². The van der Waals surface area contributed by atoms with Crippen molar-refractivity contribution in [2.24, 2.45) is 5.10 Å². The highest BCUT2D eigenvalue weighted by molar-refractivity contribution is 7.80. The van der Waals surface area contributed by atoms with Gasteiger partial charge in [-0.2, -0.15) is 10.4 Å². The predicted molar refractivity (Wildman–Crippen MR) is 106 cm³/mol. The highest BCUT2D eigenvalue weighted by Crippen LogP contribution is 2.20. The Hall–Kier alpha value is -3.24. The minimum absolute atomic E-state index is 0.305. The number of aryl methyl sites for hydroxylation is 1. The second-order valence-electron chi connectivity index (χ2n) is 5.53. The number of aromatic nitrogens is 1. The summed E-state index contributed by atoms with van der Waals surface area (Å²) in [5, 5.41) is 17.3. The molecule has 0 spiro atoms. The van der Waals surface area contributed by atoms with Gasteiger partial charge in [-0.1, -0.05) is 18.2 Å². The minimum atomic E-state index is -0.305. The molecule has 0 atom stereocenters. The first-order valence-corrected chi connectivity index (χ1v) is 8.38. The number of hydrazone groups is 1. The Bertz CT molecular complexity index is 985. The van der Waals surface area contributed by atoms with E-state index in [0.717, 1.165) is 16.5 Å². The van der Waals surface area contributed by atoms with Gasteiger partial charge in [0.05, 0.1) is 18.7 Å². The molecule has 1 heterocycles. The van der Waals surface area contributed by atoms with Gasteiger partial charge in [0, 0.05) is 34.9 Å². The predicted octanol–water partition coefficient (Wildman–Crippen LogP) is 4.01. The lowest BCUT2D eigenvalue weighted by atomic mass is 10.2. The van der Waals surface area contributed by atoms with E-state index in [1.54, 1.807) is 18.3 Å². The van der Waals surface area contributed by atoms with Crippen LogP contribution in [0.2, 0.25) is 0 Å². The number of rotatable bonds is 5. The molecule has 1 aromatic heterocycles. The standard InChI is InChI=1S/C19H16FN5S/c20-15-6-8-16(9-7-15)23-19(26)24-22-12-14-13-25(11-3-10-21)18-5-2-1-4-17(14)18/h1-2,4-9,12-13H,3,11H2,(H2,23,24,26)/b22-12-. The summed E-state index contributed by atoms with van der Waals surface area (Å²) in [6, 6.07) is 16.0. The lowest BCUT2D eigenvalue weighted by Crippen LogP contribution is -2.23. The smallest absolute Gasteiger partial charge is 0.191 e. The van der Waals surface area contributed by atoms with E-state index >= 15 is 0 Å². The molecular weight excluding hydrogens is 349 g/mol. The maximum atomic E-state index is 12.9. The maximum absolute atomic E-state index is 12.9. The van der Waals surface area contributed by atoms with Gasteiger partial charge >= 0.3 is 0 Å². The zero-order valence-electron chi connectivity index (χ0n) is 13.8. The topological polar surface area (TPSA) is 65.1 Å². The summed E-state index contributed by atoms with van der Waals surface area (Å²) in [5.41, 5.74) is 5.40. The molecule has 0 saturated carbocycles. The van der Waals surface area contributed by atoms with Gasteiger partial charge in [0.2, 0.25) is 0 Å². The van der Waals surface area contributed by atoms with Crippen molar-refractivity contribution in [3.8, 4) is 6.07 Å². The van der Waals surface area contributed by atoms with Gasteiger partial charge in [-0.05, 0) is 42.5 Å². The molecule has 130 valence electrons. The second kappa shape index (κ2) is 8.23. The van der Waals surface area contributed by atoms with Crippen LogP contribution < -0.4 is 10.7 Å². The molecule has 5 nitrogen and oxygen atoms in total. The Morgan fingerprint density at radius 2 is 2.00 bits per heavy atom. The molecular formula is C19H16FN5S. The molecule has 0 bridgehead atoms. The van der Waals surface area contributed by atoms with Crippen LogP contribution in [0.25, 0.3) is 10.9 Å². The van der Waals surface area contributed by atoms with Crippen LogP contribution in [0.3, 0.4) is 0 Å². The quantitative estimate of drug-likeness (QED) is 0.407. The number of hydrogen-bond donors (Lipinski definition) is 2. The van der Waals surface area contributed by atoms with E-state index in [4.69, 9.17) is 17.5 Å².